The summed E-state index contributed by atoms with van der Waals surface area (Å²) in [7, 11) is 1.72. The van der Waals surface area contributed by atoms with Gasteiger partial charge in [0.1, 0.15) is 5.56 Å². The second kappa shape index (κ2) is 7.42. The first-order valence-electron chi connectivity index (χ1n) is 10.8. The van der Waals surface area contributed by atoms with Crippen LogP contribution in [-0.2, 0) is 23.7 Å². The van der Waals surface area contributed by atoms with Gasteiger partial charge in [-0.15, -0.1) is 0 Å². The Morgan fingerprint density at radius 3 is 2.67 bits per heavy atom. The molecule has 0 bridgehead atoms. The van der Waals surface area contributed by atoms with Gasteiger partial charge in [-0.25, -0.2) is 0 Å². The predicted octanol–water partition coefficient (Wildman–Crippen LogP) is 3.16. The number of pyridine rings is 1. The molecule has 0 aliphatic carbocycles. The SMILES string of the molecule is CCC[C@@H]1N(C(=O)c2cc(C)c(CC)n(C)c2=O)CC[C@@]12C(=O)Nc1ccccc12. The lowest BCUT2D eigenvalue weighted by atomic mass is 9.73. The molecule has 0 unspecified atom stereocenters. The molecule has 1 aromatic heterocycles. The number of anilines is 1. The van der Waals surface area contributed by atoms with E-state index in [-0.39, 0.29) is 29.0 Å². The number of aromatic nitrogens is 1. The van der Waals surface area contributed by atoms with Crippen molar-refractivity contribution in [3.05, 3.63) is 63.1 Å². The van der Waals surface area contributed by atoms with E-state index in [0.717, 1.165) is 35.3 Å². The molecule has 2 aliphatic heterocycles. The van der Waals surface area contributed by atoms with E-state index in [9.17, 15) is 14.4 Å². The number of para-hydroxylation sites is 1. The molecular weight excluding hydrogens is 378 g/mol. The number of aryl methyl sites for hydroxylation is 1. The Labute approximate surface area is 176 Å². The quantitative estimate of drug-likeness (QED) is 0.846. The standard InChI is InChI=1S/C24H29N3O3/c1-5-9-20-24(17-10-7-8-11-18(17)25-23(24)30)12-13-27(20)22(29)16-14-15(3)19(6-2)26(4)21(16)28/h7-8,10-11,14,20H,5-6,9,12-13H2,1-4H3,(H,25,30)/t20-,24-/m0/s1. The van der Waals surface area contributed by atoms with Crippen molar-refractivity contribution >= 4 is 17.5 Å². The maximum Gasteiger partial charge on any atom is 0.263 e. The van der Waals surface area contributed by atoms with Crippen molar-refractivity contribution in [2.75, 3.05) is 11.9 Å². The average molecular weight is 408 g/mol. The molecule has 2 aromatic rings. The van der Waals surface area contributed by atoms with Crippen LogP contribution in [0.4, 0.5) is 5.69 Å². The third-order valence-electron chi connectivity index (χ3n) is 6.90. The van der Waals surface area contributed by atoms with Gasteiger partial charge in [-0.05, 0) is 49.4 Å². The Hall–Kier alpha value is -2.89. The van der Waals surface area contributed by atoms with Crippen LogP contribution in [0.1, 0.15) is 60.3 Å². The largest absolute Gasteiger partial charge is 0.334 e. The van der Waals surface area contributed by atoms with E-state index in [1.807, 2.05) is 38.1 Å². The Morgan fingerprint density at radius 1 is 1.23 bits per heavy atom. The van der Waals surface area contributed by atoms with E-state index >= 15 is 0 Å². The molecule has 2 amide bonds. The molecule has 3 heterocycles. The van der Waals surface area contributed by atoms with E-state index in [2.05, 4.69) is 12.2 Å². The van der Waals surface area contributed by atoms with Gasteiger partial charge in [0, 0.05) is 25.0 Å². The van der Waals surface area contributed by atoms with Gasteiger partial charge in [0.15, 0.2) is 0 Å². The average Bonchev–Trinajstić information content (AvgIpc) is 3.24. The first-order valence-corrected chi connectivity index (χ1v) is 10.8. The van der Waals surface area contributed by atoms with Gasteiger partial charge in [0.25, 0.3) is 11.5 Å². The second-order valence-corrected chi connectivity index (χ2v) is 8.43. The molecule has 30 heavy (non-hydrogen) atoms. The number of carbonyl (C=O) groups excluding carboxylic acids is 2. The van der Waals surface area contributed by atoms with Crippen molar-refractivity contribution in [1.82, 2.24) is 9.47 Å². The summed E-state index contributed by atoms with van der Waals surface area (Å²) in [6.45, 7) is 6.46. The van der Waals surface area contributed by atoms with E-state index in [0.29, 0.717) is 19.4 Å². The van der Waals surface area contributed by atoms with Gasteiger partial charge in [0.2, 0.25) is 5.91 Å². The van der Waals surface area contributed by atoms with Crippen molar-refractivity contribution in [2.24, 2.45) is 7.05 Å². The summed E-state index contributed by atoms with van der Waals surface area (Å²) in [6.07, 6.45) is 2.85. The first kappa shape index (κ1) is 20.4. The van der Waals surface area contributed by atoms with Crippen LogP contribution in [0.25, 0.3) is 0 Å². The normalized spacial score (nSPS) is 22.5. The Kier molecular flexibility index (Phi) is 5.04. The molecular formula is C24H29N3O3. The lowest BCUT2D eigenvalue weighted by Crippen LogP contribution is -2.49. The number of hydrogen-bond acceptors (Lipinski definition) is 3. The molecule has 1 spiro atoms. The summed E-state index contributed by atoms with van der Waals surface area (Å²) in [6, 6.07) is 9.21. The zero-order chi connectivity index (χ0) is 21.6. The van der Waals surface area contributed by atoms with Crippen molar-refractivity contribution < 1.29 is 9.59 Å². The smallest absolute Gasteiger partial charge is 0.263 e. The van der Waals surface area contributed by atoms with Crippen molar-refractivity contribution in [3.8, 4) is 0 Å². The molecule has 0 saturated carbocycles. The van der Waals surface area contributed by atoms with Gasteiger partial charge < -0.3 is 14.8 Å². The highest BCUT2D eigenvalue weighted by atomic mass is 16.2. The van der Waals surface area contributed by atoms with Gasteiger partial charge in [0.05, 0.1) is 11.5 Å². The Bertz CT molecular complexity index is 1090. The molecule has 1 N–H and O–H groups in total. The van der Waals surface area contributed by atoms with Gasteiger partial charge in [-0.2, -0.15) is 0 Å². The number of hydrogen-bond donors (Lipinski definition) is 1. The second-order valence-electron chi connectivity index (χ2n) is 8.43. The number of nitrogens with zero attached hydrogens (tertiary/aromatic N) is 2. The Morgan fingerprint density at radius 2 is 1.97 bits per heavy atom. The van der Waals surface area contributed by atoms with Gasteiger partial charge in [-0.1, -0.05) is 38.5 Å². The minimum atomic E-state index is -0.744. The Balaban J connectivity index is 1.79. The fourth-order valence-electron chi connectivity index (χ4n) is 5.47. The maximum atomic E-state index is 13.6. The van der Waals surface area contributed by atoms with E-state index in [4.69, 9.17) is 0 Å². The summed E-state index contributed by atoms with van der Waals surface area (Å²) in [5, 5.41) is 3.02. The molecule has 6 nitrogen and oxygen atoms in total. The number of amides is 2. The fourth-order valence-corrected chi connectivity index (χ4v) is 5.47. The third kappa shape index (κ3) is 2.73. The molecule has 1 aromatic carbocycles. The highest BCUT2D eigenvalue weighted by molar-refractivity contribution is 6.08. The molecule has 158 valence electrons. The number of fused-ring (bicyclic) bond motifs is 2. The van der Waals surface area contributed by atoms with Crippen LogP contribution in [0.2, 0.25) is 0 Å². The van der Waals surface area contributed by atoms with E-state index < -0.39 is 5.41 Å². The van der Waals surface area contributed by atoms with Gasteiger partial charge >= 0.3 is 0 Å². The lowest BCUT2D eigenvalue weighted by Gasteiger charge is -2.34. The highest BCUT2D eigenvalue weighted by Gasteiger charge is 2.58. The van der Waals surface area contributed by atoms with Crippen LogP contribution in [0.15, 0.2) is 35.1 Å². The van der Waals surface area contributed by atoms with E-state index in [1.165, 1.54) is 0 Å². The number of likely N-dealkylation sites (tertiary alicyclic amines) is 1. The summed E-state index contributed by atoms with van der Waals surface area (Å²) < 4.78 is 1.58. The van der Waals surface area contributed by atoms with Crippen LogP contribution in [-0.4, -0.2) is 33.9 Å². The minimum Gasteiger partial charge on any atom is -0.334 e. The number of rotatable bonds is 4. The van der Waals surface area contributed by atoms with Crippen molar-refractivity contribution in [2.45, 2.75) is 57.9 Å². The van der Waals surface area contributed by atoms with Crippen LogP contribution in [0.5, 0.6) is 0 Å². The molecule has 2 atom stereocenters. The molecule has 2 aliphatic rings. The molecule has 1 saturated heterocycles. The first-order chi connectivity index (χ1) is 14.4. The highest BCUT2D eigenvalue weighted by Crippen LogP contribution is 2.49. The minimum absolute atomic E-state index is 0.0390. The van der Waals surface area contributed by atoms with Gasteiger partial charge in [-0.3, -0.25) is 14.4 Å². The van der Waals surface area contributed by atoms with Crippen LogP contribution >= 0.6 is 0 Å². The zero-order valence-electron chi connectivity index (χ0n) is 18.1. The summed E-state index contributed by atoms with van der Waals surface area (Å²) in [5.74, 6) is -0.309. The number of nitrogens with one attached hydrogen (secondary N) is 1. The summed E-state index contributed by atoms with van der Waals surface area (Å²) in [4.78, 5) is 41.5. The maximum absolute atomic E-state index is 13.6. The molecule has 1 fully saturated rings. The predicted molar refractivity (Wildman–Crippen MR) is 117 cm³/mol. The number of benzene rings is 1. The lowest BCUT2D eigenvalue weighted by molar-refractivity contribution is -0.121. The van der Waals surface area contributed by atoms with Crippen molar-refractivity contribution in [1.29, 1.82) is 0 Å². The number of carbonyl (C=O) groups is 2. The monoisotopic (exact) mass is 407 g/mol. The van der Waals surface area contributed by atoms with Crippen LogP contribution in [0, 0.1) is 6.92 Å². The fraction of sp³-hybridized carbons (Fsp3) is 0.458. The zero-order valence-corrected chi connectivity index (χ0v) is 18.1. The topological polar surface area (TPSA) is 71.4 Å². The van der Waals surface area contributed by atoms with Crippen molar-refractivity contribution in [3.63, 3.8) is 0 Å². The van der Waals surface area contributed by atoms with Crippen LogP contribution in [0.3, 0.4) is 0 Å². The van der Waals surface area contributed by atoms with Crippen LogP contribution < -0.4 is 10.9 Å². The van der Waals surface area contributed by atoms with E-state index in [1.54, 1.807) is 22.6 Å². The summed E-state index contributed by atoms with van der Waals surface area (Å²) >= 11 is 0. The molecule has 0 radical (unpaired) electrons. The molecule has 4 rings (SSSR count). The third-order valence-corrected chi connectivity index (χ3v) is 6.90. The summed E-state index contributed by atoms with van der Waals surface area (Å²) in [5.41, 5.74) is 2.85. The molecule has 6 heteroatoms.